The summed E-state index contributed by atoms with van der Waals surface area (Å²) in [5, 5.41) is -0.156. The molecule has 12 heavy (non-hydrogen) atoms. The van der Waals surface area contributed by atoms with Crippen LogP contribution in [0, 0.1) is 3.57 Å². The molecule has 0 spiro atoms. The van der Waals surface area contributed by atoms with Crippen LogP contribution in [0.25, 0.3) is 0 Å². The highest BCUT2D eigenvalue weighted by Crippen LogP contribution is 2.31. The summed E-state index contributed by atoms with van der Waals surface area (Å²) in [4.78, 5) is 3.47. The first-order valence-electron chi connectivity index (χ1n) is 2.91. The first kappa shape index (κ1) is 9.91. The van der Waals surface area contributed by atoms with Crippen LogP contribution in [-0.4, -0.2) is 4.98 Å². The Morgan fingerprint density at radius 1 is 1.58 bits per heavy atom. The summed E-state index contributed by atoms with van der Waals surface area (Å²) >= 11 is 7.39. The predicted molar refractivity (Wildman–Crippen MR) is 51.3 cm³/mol. The van der Waals surface area contributed by atoms with Crippen molar-refractivity contribution < 1.29 is 8.78 Å². The summed E-state index contributed by atoms with van der Waals surface area (Å²) in [6.45, 7) is 0. The lowest BCUT2D eigenvalue weighted by atomic mass is 10.3. The standard InChI is InChI=1S/C6H4ClF2IN2/c7-3-4(11)2(10)1-12-5(3)6(8)9/h1,6H,(H2,11,12). The maximum atomic E-state index is 12.1. The number of nitrogen functional groups attached to an aromatic ring is 1. The molecule has 2 nitrogen and oxygen atoms in total. The Morgan fingerprint density at radius 2 is 2.17 bits per heavy atom. The van der Waals surface area contributed by atoms with E-state index in [-0.39, 0.29) is 10.7 Å². The molecule has 66 valence electrons. The number of halogens is 4. The number of nitrogens with two attached hydrogens (primary N) is 1. The summed E-state index contributed by atoms with van der Waals surface area (Å²) in [5.41, 5.74) is 5.10. The van der Waals surface area contributed by atoms with Gasteiger partial charge >= 0.3 is 0 Å². The van der Waals surface area contributed by atoms with Gasteiger partial charge in [-0.1, -0.05) is 11.6 Å². The Kier molecular flexibility index (Phi) is 3.05. The molecule has 0 saturated heterocycles. The van der Waals surface area contributed by atoms with Gasteiger partial charge in [-0.15, -0.1) is 0 Å². The molecule has 1 heterocycles. The fourth-order valence-electron chi connectivity index (χ4n) is 0.647. The van der Waals surface area contributed by atoms with Crippen molar-refractivity contribution in [3.05, 3.63) is 20.5 Å². The van der Waals surface area contributed by atoms with Gasteiger partial charge in [-0.2, -0.15) is 0 Å². The second-order valence-corrected chi connectivity index (χ2v) is 3.56. The molecule has 2 N–H and O–H groups in total. The highest BCUT2D eigenvalue weighted by Gasteiger charge is 2.16. The average Bonchev–Trinajstić information content (AvgIpc) is 2.00. The molecule has 0 unspecified atom stereocenters. The zero-order valence-corrected chi connectivity index (χ0v) is 8.60. The van der Waals surface area contributed by atoms with Gasteiger partial charge in [0.25, 0.3) is 6.43 Å². The molecule has 0 aliphatic carbocycles. The largest absolute Gasteiger partial charge is 0.397 e. The van der Waals surface area contributed by atoms with Crippen LogP contribution >= 0.6 is 34.2 Å². The van der Waals surface area contributed by atoms with Crippen LogP contribution in [0.5, 0.6) is 0 Å². The lowest BCUT2D eigenvalue weighted by Gasteiger charge is -2.05. The third-order valence-electron chi connectivity index (χ3n) is 1.24. The second-order valence-electron chi connectivity index (χ2n) is 2.02. The number of aromatic nitrogens is 1. The van der Waals surface area contributed by atoms with Crippen LogP contribution < -0.4 is 5.73 Å². The molecule has 0 aromatic carbocycles. The van der Waals surface area contributed by atoms with Crippen molar-refractivity contribution >= 4 is 39.9 Å². The van der Waals surface area contributed by atoms with Gasteiger partial charge in [0.05, 0.1) is 14.3 Å². The van der Waals surface area contributed by atoms with Gasteiger partial charge in [-0.3, -0.25) is 4.98 Å². The van der Waals surface area contributed by atoms with E-state index in [1.807, 2.05) is 22.6 Å². The van der Waals surface area contributed by atoms with E-state index in [4.69, 9.17) is 17.3 Å². The van der Waals surface area contributed by atoms with Crippen LogP contribution in [0.1, 0.15) is 12.1 Å². The van der Waals surface area contributed by atoms with Crippen molar-refractivity contribution in [2.75, 3.05) is 5.73 Å². The summed E-state index contributed by atoms with van der Waals surface area (Å²) in [5.74, 6) is 0. The van der Waals surface area contributed by atoms with Crippen molar-refractivity contribution in [2.45, 2.75) is 6.43 Å². The highest BCUT2D eigenvalue weighted by atomic mass is 127. The fraction of sp³-hybridized carbons (Fsp3) is 0.167. The normalized spacial score (nSPS) is 10.8. The van der Waals surface area contributed by atoms with Crippen molar-refractivity contribution in [3.63, 3.8) is 0 Å². The molecular weight excluding hydrogens is 300 g/mol. The van der Waals surface area contributed by atoms with E-state index < -0.39 is 12.1 Å². The van der Waals surface area contributed by atoms with Crippen molar-refractivity contribution in [1.29, 1.82) is 0 Å². The van der Waals surface area contributed by atoms with Gasteiger partial charge in [-0.05, 0) is 22.6 Å². The van der Waals surface area contributed by atoms with E-state index in [0.717, 1.165) is 0 Å². The van der Waals surface area contributed by atoms with Gasteiger partial charge in [0, 0.05) is 6.20 Å². The summed E-state index contributed by atoms with van der Waals surface area (Å²) in [6.07, 6.45) is -1.42. The molecule has 0 bridgehead atoms. The number of rotatable bonds is 1. The molecule has 0 aliphatic heterocycles. The van der Waals surface area contributed by atoms with Gasteiger partial charge in [-0.25, -0.2) is 8.78 Å². The molecule has 6 heteroatoms. The summed E-state index contributed by atoms with van der Waals surface area (Å²) < 4.78 is 24.8. The Balaban J connectivity index is 3.27. The Labute approximate surface area is 86.3 Å². The van der Waals surface area contributed by atoms with E-state index in [9.17, 15) is 8.78 Å². The van der Waals surface area contributed by atoms with Crippen molar-refractivity contribution in [1.82, 2.24) is 4.98 Å². The summed E-state index contributed by atoms with van der Waals surface area (Å²) in [6, 6.07) is 0. The molecule has 0 amide bonds. The Hall–Kier alpha value is -0.170. The SMILES string of the molecule is Nc1c(I)cnc(C(F)F)c1Cl. The minimum atomic E-state index is -2.68. The molecule has 0 saturated carbocycles. The quantitative estimate of drug-likeness (QED) is 0.810. The van der Waals surface area contributed by atoms with E-state index in [1.54, 1.807) is 0 Å². The molecule has 0 aliphatic rings. The molecule has 0 radical (unpaired) electrons. The maximum Gasteiger partial charge on any atom is 0.281 e. The Bertz CT molecular complexity index is 306. The molecule has 1 rings (SSSR count). The molecule has 1 aromatic heterocycles. The minimum absolute atomic E-state index is 0.155. The van der Waals surface area contributed by atoms with Gasteiger partial charge in [0.2, 0.25) is 0 Å². The van der Waals surface area contributed by atoms with Crippen molar-refractivity contribution in [3.8, 4) is 0 Å². The van der Waals surface area contributed by atoms with Crippen LogP contribution in [0.4, 0.5) is 14.5 Å². The number of hydrogen-bond donors (Lipinski definition) is 1. The Morgan fingerprint density at radius 3 is 2.67 bits per heavy atom. The third kappa shape index (κ3) is 1.77. The van der Waals surface area contributed by atoms with E-state index in [1.165, 1.54) is 6.20 Å². The lowest BCUT2D eigenvalue weighted by Crippen LogP contribution is -1.98. The lowest BCUT2D eigenvalue weighted by molar-refractivity contribution is 0.146. The number of nitrogens with zero attached hydrogens (tertiary/aromatic N) is 1. The number of hydrogen-bond acceptors (Lipinski definition) is 2. The smallest absolute Gasteiger partial charge is 0.281 e. The van der Waals surface area contributed by atoms with E-state index in [0.29, 0.717) is 3.57 Å². The zero-order chi connectivity index (χ0) is 9.30. The van der Waals surface area contributed by atoms with Crippen LogP contribution in [0.15, 0.2) is 6.20 Å². The van der Waals surface area contributed by atoms with Crippen LogP contribution in [-0.2, 0) is 0 Å². The topological polar surface area (TPSA) is 38.9 Å². The fourth-order valence-corrected chi connectivity index (χ4v) is 1.45. The number of anilines is 1. The maximum absolute atomic E-state index is 12.1. The van der Waals surface area contributed by atoms with Crippen molar-refractivity contribution in [2.24, 2.45) is 0 Å². The van der Waals surface area contributed by atoms with Gasteiger partial charge in [0.1, 0.15) is 5.69 Å². The first-order chi connectivity index (χ1) is 5.54. The van der Waals surface area contributed by atoms with E-state index >= 15 is 0 Å². The average molecular weight is 304 g/mol. The van der Waals surface area contributed by atoms with E-state index in [2.05, 4.69) is 4.98 Å². The monoisotopic (exact) mass is 304 g/mol. The summed E-state index contributed by atoms with van der Waals surface area (Å²) in [7, 11) is 0. The molecule has 0 atom stereocenters. The minimum Gasteiger partial charge on any atom is -0.397 e. The van der Waals surface area contributed by atoms with Gasteiger partial charge < -0.3 is 5.73 Å². The van der Waals surface area contributed by atoms with Crippen LogP contribution in [0.3, 0.4) is 0 Å². The zero-order valence-electron chi connectivity index (χ0n) is 5.69. The van der Waals surface area contributed by atoms with Gasteiger partial charge in [0.15, 0.2) is 0 Å². The molecule has 1 aromatic rings. The second kappa shape index (κ2) is 3.69. The molecular formula is C6H4ClF2IN2. The third-order valence-corrected chi connectivity index (χ3v) is 2.50. The molecule has 0 fully saturated rings. The number of alkyl halides is 2. The highest BCUT2D eigenvalue weighted by molar-refractivity contribution is 14.1. The predicted octanol–water partition coefficient (Wildman–Crippen LogP) is 2.86. The van der Waals surface area contributed by atoms with Crippen LogP contribution in [0.2, 0.25) is 5.02 Å². The number of pyridine rings is 1. The first-order valence-corrected chi connectivity index (χ1v) is 4.37.